The predicted octanol–water partition coefficient (Wildman–Crippen LogP) is 5.50. The lowest BCUT2D eigenvalue weighted by molar-refractivity contribution is -0.144. The van der Waals surface area contributed by atoms with Gasteiger partial charge in [-0.2, -0.15) is 0 Å². The van der Waals surface area contributed by atoms with E-state index in [2.05, 4.69) is 23.0 Å². The molecule has 4 N–H and O–H groups in total. The van der Waals surface area contributed by atoms with Gasteiger partial charge in [0.1, 0.15) is 22.8 Å². The average Bonchev–Trinajstić information content (AvgIpc) is 3.56. The Bertz CT molecular complexity index is 1470. The maximum atomic E-state index is 13.3. The third-order valence-corrected chi connectivity index (χ3v) is 7.47. The molecule has 0 fully saturated rings. The molecule has 0 bridgehead atoms. The van der Waals surface area contributed by atoms with E-state index in [4.69, 9.17) is 18.7 Å². The summed E-state index contributed by atoms with van der Waals surface area (Å²) in [6.45, 7) is 7.74. The number of hydrogen-bond acceptors (Lipinski definition) is 9. The molecule has 0 radical (unpaired) electrons. The Kier molecular flexibility index (Phi) is 14.8. The van der Waals surface area contributed by atoms with Gasteiger partial charge in [-0.3, -0.25) is 19.2 Å². The number of hydroxylamine groups is 1. The quantitative estimate of drug-likeness (QED) is 0.0567. The second-order valence-corrected chi connectivity index (χ2v) is 10.8. The number of phenols is 1. The minimum Gasteiger partial charge on any atom is -0.506 e. The van der Waals surface area contributed by atoms with Gasteiger partial charge in [-0.05, 0) is 56.5 Å². The standard InChI is InChI=1S/C35H45N3O9/c1-5-9-11-16-26(25(6-2)33(41)38-46-21-23-14-12-10-13-15-23)32(40)36-22-37-34(42)30-18-17-29(47-30)27-19-24(44-7-3)20-28(31(27)39)35(43)45-8-4/h10,12-15,17-20,25-26,39H,5-9,11,16,21-22H2,1-4H3,(H,36,40)(H,37,42)(H,38,41)/t25-,26-/m1/s1. The highest BCUT2D eigenvalue weighted by Crippen LogP contribution is 2.37. The first-order valence-electron chi connectivity index (χ1n) is 16.0. The van der Waals surface area contributed by atoms with Crippen LogP contribution in [0.1, 0.15) is 86.3 Å². The zero-order valence-corrected chi connectivity index (χ0v) is 27.4. The predicted molar refractivity (Wildman–Crippen MR) is 174 cm³/mol. The number of rotatable bonds is 19. The van der Waals surface area contributed by atoms with Crippen LogP contribution in [0.15, 0.2) is 59.0 Å². The van der Waals surface area contributed by atoms with Gasteiger partial charge in [-0.15, -0.1) is 0 Å². The summed E-state index contributed by atoms with van der Waals surface area (Å²) in [5.41, 5.74) is 3.43. The van der Waals surface area contributed by atoms with Crippen molar-refractivity contribution in [3.05, 3.63) is 71.5 Å². The number of carbonyl (C=O) groups is 4. The molecule has 3 rings (SSSR count). The summed E-state index contributed by atoms with van der Waals surface area (Å²) in [6.07, 6.45) is 3.55. The van der Waals surface area contributed by atoms with Crippen LogP contribution in [0.25, 0.3) is 11.3 Å². The highest BCUT2D eigenvalue weighted by molar-refractivity contribution is 5.96. The van der Waals surface area contributed by atoms with Crippen LogP contribution < -0.4 is 20.9 Å². The van der Waals surface area contributed by atoms with Gasteiger partial charge in [0.05, 0.1) is 38.0 Å². The summed E-state index contributed by atoms with van der Waals surface area (Å²) >= 11 is 0. The lowest BCUT2D eigenvalue weighted by atomic mass is 9.84. The Hall–Kier alpha value is -4.84. The Morgan fingerprint density at radius 1 is 0.872 bits per heavy atom. The summed E-state index contributed by atoms with van der Waals surface area (Å²) in [5, 5.41) is 16.1. The minimum absolute atomic E-state index is 0.0889. The number of aromatic hydroxyl groups is 1. The van der Waals surface area contributed by atoms with Crippen LogP contribution in [-0.2, 0) is 25.8 Å². The van der Waals surface area contributed by atoms with E-state index < -0.39 is 23.7 Å². The molecule has 0 saturated carbocycles. The summed E-state index contributed by atoms with van der Waals surface area (Å²) in [4.78, 5) is 57.1. The Morgan fingerprint density at radius 2 is 1.64 bits per heavy atom. The van der Waals surface area contributed by atoms with E-state index in [1.54, 1.807) is 13.8 Å². The molecule has 12 nitrogen and oxygen atoms in total. The van der Waals surface area contributed by atoms with Crippen molar-refractivity contribution in [3.63, 3.8) is 0 Å². The largest absolute Gasteiger partial charge is 0.506 e. The lowest BCUT2D eigenvalue weighted by Crippen LogP contribution is -2.45. The number of ether oxygens (including phenoxy) is 2. The highest BCUT2D eigenvalue weighted by atomic mass is 16.6. The van der Waals surface area contributed by atoms with E-state index >= 15 is 0 Å². The number of furan rings is 1. The van der Waals surface area contributed by atoms with Gasteiger partial charge in [0.2, 0.25) is 11.8 Å². The van der Waals surface area contributed by atoms with Crippen LogP contribution in [-0.4, -0.2) is 48.7 Å². The van der Waals surface area contributed by atoms with Crippen molar-refractivity contribution in [2.24, 2.45) is 11.8 Å². The van der Waals surface area contributed by atoms with Gasteiger partial charge < -0.3 is 29.6 Å². The molecule has 1 heterocycles. The Labute approximate surface area is 275 Å². The molecule has 12 heteroatoms. The molecular formula is C35H45N3O9. The second kappa shape index (κ2) is 19.0. The monoisotopic (exact) mass is 651 g/mol. The molecule has 0 saturated heterocycles. The van der Waals surface area contributed by atoms with Crippen LogP contribution in [0.2, 0.25) is 0 Å². The molecule has 254 valence electrons. The van der Waals surface area contributed by atoms with Crippen molar-refractivity contribution in [3.8, 4) is 22.8 Å². The topological polar surface area (TPSA) is 165 Å². The van der Waals surface area contributed by atoms with Crippen molar-refractivity contribution < 1.29 is 43.0 Å². The van der Waals surface area contributed by atoms with Crippen molar-refractivity contribution in [2.75, 3.05) is 19.9 Å². The smallest absolute Gasteiger partial charge is 0.342 e. The number of hydrogen-bond donors (Lipinski definition) is 4. The molecule has 3 amide bonds. The summed E-state index contributed by atoms with van der Waals surface area (Å²) in [7, 11) is 0. The van der Waals surface area contributed by atoms with Gasteiger partial charge in [-0.25, -0.2) is 10.3 Å². The third-order valence-electron chi connectivity index (χ3n) is 7.47. The van der Waals surface area contributed by atoms with E-state index in [1.165, 1.54) is 24.3 Å². The summed E-state index contributed by atoms with van der Waals surface area (Å²) in [5.74, 6) is -3.41. The SMILES string of the molecule is CCCCC[C@@H](C(=O)NCNC(=O)c1ccc(-c2cc(OCC)cc(C(=O)OCC)c2O)o1)[C@@H](CC)C(=O)NOCc1ccccc1. The molecular weight excluding hydrogens is 606 g/mol. The first-order valence-corrected chi connectivity index (χ1v) is 16.0. The molecule has 0 aliphatic carbocycles. The molecule has 3 aromatic rings. The van der Waals surface area contributed by atoms with Crippen molar-refractivity contribution in [2.45, 2.75) is 66.4 Å². The summed E-state index contributed by atoms with van der Waals surface area (Å²) < 4.78 is 16.3. The minimum atomic E-state index is -0.733. The maximum absolute atomic E-state index is 13.3. The zero-order valence-electron chi connectivity index (χ0n) is 27.4. The number of nitrogens with one attached hydrogen (secondary N) is 3. The van der Waals surface area contributed by atoms with Gasteiger partial charge in [0, 0.05) is 5.92 Å². The molecule has 0 aliphatic rings. The fourth-order valence-corrected chi connectivity index (χ4v) is 5.07. The number of benzene rings is 2. The van der Waals surface area contributed by atoms with E-state index in [-0.39, 0.29) is 60.1 Å². The number of amides is 3. The normalized spacial score (nSPS) is 12.1. The number of esters is 1. The average molecular weight is 652 g/mol. The molecule has 0 aliphatic heterocycles. The fraction of sp³-hybridized carbons (Fsp3) is 0.429. The van der Waals surface area contributed by atoms with Gasteiger partial charge in [-0.1, -0.05) is 63.4 Å². The Morgan fingerprint density at radius 3 is 2.32 bits per heavy atom. The third kappa shape index (κ3) is 10.6. The van der Waals surface area contributed by atoms with Crippen LogP contribution in [0.3, 0.4) is 0 Å². The van der Waals surface area contributed by atoms with E-state index in [1.807, 2.05) is 37.3 Å². The van der Waals surface area contributed by atoms with Gasteiger partial charge in [0.25, 0.3) is 5.91 Å². The van der Waals surface area contributed by atoms with Gasteiger partial charge >= 0.3 is 5.97 Å². The summed E-state index contributed by atoms with van der Waals surface area (Å²) in [6, 6.07) is 15.2. The van der Waals surface area contributed by atoms with Crippen molar-refractivity contribution in [1.29, 1.82) is 0 Å². The number of unbranched alkanes of at least 4 members (excludes halogenated alkanes) is 2. The van der Waals surface area contributed by atoms with Crippen LogP contribution in [0.5, 0.6) is 11.5 Å². The molecule has 0 unspecified atom stereocenters. The first kappa shape index (κ1) is 36.6. The fourth-order valence-electron chi connectivity index (χ4n) is 5.07. The number of phenolic OH excluding ortho intramolecular Hbond substituents is 1. The van der Waals surface area contributed by atoms with Crippen molar-refractivity contribution in [1.82, 2.24) is 16.1 Å². The molecule has 2 aromatic carbocycles. The molecule has 0 spiro atoms. The lowest BCUT2D eigenvalue weighted by Gasteiger charge is -2.24. The van der Waals surface area contributed by atoms with Gasteiger partial charge in [0.15, 0.2) is 5.76 Å². The number of carbonyl (C=O) groups excluding carboxylic acids is 4. The van der Waals surface area contributed by atoms with Crippen LogP contribution >= 0.6 is 0 Å². The van der Waals surface area contributed by atoms with E-state index in [0.717, 1.165) is 24.8 Å². The highest BCUT2D eigenvalue weighted by Gasteiger charge is 2.32. The molecule has 47 heavy (non-hydrogen) atoms. The van der Waals surface area contributed by atoms with Crippen LogP contribution in [0.4, 0.5) is 0 Å². The zero-order chi connectivity index (χ0) is 34.2. The van der Waals surface area contributed by atoms with E-state index in [9.17, 15) is 24.3 Å². The Balaban J connectivity index is 1.64. The second-order valence-electron chi connectivity index (χ2n) is 10.8. The van der Waals surface area contributed by atoms with Crippen LogP contribution in [0, 0.1) is 11.8 Å². The maximum Gasteiger partial charge on any atom is 0.342 e. The van der Waals surface area contributed by atoms with E-state index in [0.29, 0.717) is 25.2 Å². The van der Waals surface area contributed by atoms with Crippen molar-refractivity contribution >= 4 is 23.7 Å². The molecule has 1 aromatic heterocycles. The molecule has 2 atom stereocenters. The first-order chi connectivity index (χ1) is 22.7.